The van der Waals surface area contributed by atoms with Crippen molar-refractivity contribution >= 4 is 41.2 Å². The molecule has 0 unspecified atom stereocenters. The van der Waals surface area contributed by atoms with E-state index in [-0.39, 0.29) is 5.69 Å². The fourth-order valence-corrected chi connectivity index (χ4v) is 3.02. The zero-order chi connectivity index (χ0) is 19.2. The maximum absolute atomic E-state index is 12.0. The molecule has 0 saturated heterocycles. The van der Waals surface area contributed by atoms with Crippen LogP contribution >= 0.6 is 23.4 Å². The first-order chi connectivity index (χ1) is 13.0. The van der Waals surface area contributed by atoms with E-state index in [1.807, 2.05) is 0 Å². The number of benzene rings is 2. The van der Waals surface area contributed by atoms with Crippen LogP contribution in [0, 0.1) is 10.1 Å². The molecular formula is C16H11ClN6O3S. The van der Waals surface area contributed by atoms with Crippen molar-refractivity contribution in [2.75, 3.05) is 0 Å². The number of nitro groups is 1. The topological polar surface area (TPSA) is 126 Å². The Labute approximate surface area is 162 Å². The monoisotopic (exact) mass is 402 g/mol. The number of nitrogens with one attached hydrogen (secondary N) is 2. The standard InChI is InChI=1S/C16H11ClN6O3S/c17-12-3-1-2-11(7-12)15(24)21-19-8-10-4-5-14(13(6-10)23(25)26)27-16-18-9-20-22-16/h1-9H,(H,21,24)(H,18,20,22). The van der Waals surface area contributed by atoms with Crippen molar-refractivity contribution in [2.24, 2.45) is 5.10 Å². The van der Waals surface area contributed by atoms with Crippen LogP contribution in [0.3, 0.4) is 0 Å². The Kier molecular flexibility index (Phi) is 5.79. The Bertz CT molecular complexity index is 1010. The van der Waals surface area contributed by atoms with Crippen LogP contribution in [-0.2, 0) is 0 Å². The molecular weight excluding hydrogens is 392 g/mol. The molecule has 0 aliphatic rings. The van der Waals surface area contributed by atoms with Gasteiger partial charge in [0.1, 0.15) is 6.33 Å². The molecule has 0 saturated carbocycles. The number of rotatable bonds is 6. The largest absolute Gasteiger partial charge is 0.283 e. The third-order valence-electron chi connectivity index (χ3n) is 3.25. The van der Waals surface area contributed by atoms with E-state index in [0.717, 1.165) is 11.8 Å². The molecule has 1 heterocycles. The molecule has 2 aromatic carbocycles. The van der Waals surface area contributed by atoms with Gasteiger partial charge in [-0.25, -0.2) is 10.4 Å². The molecule has 27 heavy (non-hydrogen) atoms. The van der Waals surface area contributed by atoms with Crippen molar-refractivity contribution in [3.05, 3.63) is 75.1 Å². The number of amides is 1. The minimum atomic E-state index is -0.499. The van der Waals surface area contributed by atoms with E-state index < -0.39 is 10.8 Å². The van der Waals surface area contributed by atoms with Gasteiger partial charge in [-0.1, -0.05) is 23.7 Å². The van der Waals surface area contributed by atoms with Crippen LogP contribution in [0.5, 0.6) is 0 Å². The van der Waals surface area contributed by atoms with Gasteiger partial charge in [0.05, 0.1) is 16.0 Å². The van der Waals surface area contributed by atoms with Crippen molar-refractivity contribution in [3.8, 4) is 0 Å². The fraction of sp³-hybridized carbons (Fsp3) is 0. The summed E-state index contributed by atoms with van der Waals surface area (Å²) in [7, 11) is 0. The molecule has 0 spiro atoms. The lowest BCUT2D eigenvalue weighted by molar-refractivity contribution is -0.387. The highest BCUT2D eigenvalue weighted by Gasteiger charge is 2.16. The number of aromatic nitrogens is 3. The first kappa shape index (κ1) is 18.5. The molecule has 0 aliphatic heterocycles. The van der Waals surface area contributed by atoms with Crippen molar-refractivity contribution in [1.29, 1.82) is 0 Å². The number of aromatic amines is 1. The Morgan fingerprint density at radius 1 is 1.33 bits per heavy atom. The maximum atomic E-state index is 12.0. The Hall–Kier alpha value is -3.24. The number of H-pyrrole nitrogens is 1. The summed E-state index contributed by atoms with van der Waals surface area (Å²) in [5, 5.41) is 22.3. The highest BCUT2D eigenvalue weighted by Crippen LogP contribution is 2.33. The van der Waals surface area contributed by atoms with Crippen molar-refractivity contribution < 1.29 is 9.72 Å². The maximum Gasteiger partial charge on any atom is 0.283 e. The fourth-order valence-electron chi connectivity index (χ4n) is 2.05. The summed E-state index contributed by atoms with van der Waals surface area (Å²) in [5.41, 5.74) is 3.04. The Morgan fingerprint density at radius 3 is 2.89 bits per heavy atom. The van der Waals surface area contributed by atoms with Crippen LogP contribution in [-0.4, -0.2) is 32.2 Å². The summed E-state index contributed by atoms with van der Waals surface area (Å²) in [6, 6.07) is 11.0. The Morgan fingerprint density at radius 2 is 2.19 bits per heavy atom. The van der Waals surface area contributed by atoms with E-state index in [2.05, 4.69) is 25.7 Å². The van der Waals surface area contributed by atoms with Gasteiger partial charge in [0.15, 0.2) is 5.16 Å². The average molecular weight is 403 g/mol. The number of hydrazone groups is 1. The number of carbonyl (C=O) groups is 1. The summed E-state index contributed by atoms with van der Waals surface area (Å²) in [6.07, 6.45) is 2.64. The Balaban J connectivity index is 1.73. The van der Waals surface area contributed by atoms with E-state index in [0.29, 0.717) is 26.2 Å². The zero-order valence-electron chi connectivity index (χ0n) is 13.5. The van der Waals surface area contributed by atoms with Gasteiger partial charge in [-0.3, -0.25) is 20.0 Å². The lowest BCUT2D eigenvalue weighted by Crippen LogP contribution is -2.17. The second kappa shape index (κ2) is 8.43. The third-order valence-corrected chi connectivity index (χ3v) is 4.44. The molecule has 0 aliphatic carbocycles. The summed E-state index contributed by atoms with van der Waals surface area (Å²) >= 11 is 6.92. The van der Waals surface area contributed by atoms with Crippen molar-refractivity contribution in [3.63, 3.8) is 0 Å². The minimum absolute atomic E-state index is 0.110. The second-order valence-corrected chi connectivity index (χ2v) is 6.55. The minimum Gasteiger partial charge on any atom is -0.267 e. The molecule has 0 radical (unpaired) electrons. The van der Waals surface area contributed by atoms with Gasteiger partial charge >= 0.3 is 0 Å². The number of halogens is 1. The molecule has 9 nitrogen and oxygen atoms in total. The molecule has 0 fully saturated rings. The van der Waals surface area contributed by atoms with Crippen LogP contribution in [0.2, 0.25) is 5.02 Å². The highest BCUT2D eigenvalue weighted by atomic mass is 35.5. The lowest BCUT2D eigenvalue weighted by atomic mass is 10.2. The van der Waals surface area contributed by atoms with Gasteiger partial charge in [0.25, 0.3) is 11.6 Å². The third kappa shape index (κ3) is 4.90. The predicted molar refractivity (Wildman–Crippen MR) is 100 cm³/mol. The van der Waals surface area contributed by atoms with E-state index in [9.17, 15) is 14.9 Å². The molecule has 2 N–H and O–H groups in total. The SMILES string of the molecule is O=C(NN=Cc1ccc(Sc2ncn[nH]2)c([N+](=O)[O-])c1)c1cccc(Cl)c1. The molecule has 136 valence electrons. The number of carbonyl (C=O) groups excluding carboxylic acids is 1. The molecule has 3 aromatic rings. The van der Waals surface area contributed by atoms with E-state index in [1.54, 1.807) is 30.3 Å². The molecule has 0 bridgehead atoms. The van der Waals surface area contributed by atoms with Crippen LogP contribution in [0.1, 0.15) is 15.9 Å². The summed E-state index contributed by atoms with van der Waals surface area (Å²) in [5.74, 6) is -0.444. The van der Waals surface area contributed by atoms with Crippen LogP contribution in [0.25, 0.3) is 0 Å². The summed E-state index contributed by atoms with van der Waals surface area (Å²) < 4.78 is 0. The second-order valence-electron chi connectivity index (χ2n) is 5.09. The number of nitro benzene ring substituents is 1. The first-order valence-electron chi connectivity index (χ1n) is 7.43. The smallest absolute Gasteiger partial charge is 0.267 e. The predicted octanol–water partition coefficient (Wildman–Crippen LogP) is 3.28. The zero-order valence-corrected chi connectivity index (χ0v) is 15.1. The number of nitrogens with zero attached hydrogens (tertiary/aromatic N) is 4. The van der Waals surface area contributed by atoms with Crippen LogP contribution < -0.4 is 5.43 Å². The van der Waals surface area contributed by atoms with E-state index in [4.69, 9.17) is 11.6 Å². The number of hydrogen-bond acceptors (Lipinski definition) is 7. The molecule has 1 amide bonds. The number of hydrogen-bond donors (Lipinski definition) is 2. The van der Waals surface area contributed by atoms with Gasteiger partial charge in [0, 0.05) is 22.2 Å². The molecule has 11 heteroatoms. The summed E-state index contributed by atoms with van der Waals surface area (Å²) in [4.78, 5) is 27.1. The van der Waals surface area contributed by atoms with Gasteiger partial charge in [-0.05, 0) is 36.0 Å². The van der Waals surface area contributed by atoms with Gasteiger partial charge in [0.2, 0.25) is 0 Å². The first-order valence-corrected chi connectivity index (χ1v) is 8.63. The van der Waals surface area contributed by atoms with E-state index in [1.165, 1.54) is 24.7 Å². The van der Waals surface area contributed by atoms with Gasteiger partial charge < -0.3 is 0 Å². The van der Waals surface area contributed by atoms with E-state index >= 15 is 0 Å². The van der Waals surface area contributed by atoms with Gasteiger partial charge in [-0.2, -0.15) is 10.2 Å². The highest BCUT2D eigenvalue weighted by molar-refractivity contribution is 7.99. The lowest BCUT2D eigenvalue weighted by Gasteiger charge is -2.02. The van der Waals surface area contributed by atoms with Crippen molar-refractivity contribution in [1.82, 2.24) is 20.6 Å². The van der Waals surface area contributed by atoms with Crippen molar-refractivity contribution in [2.45, 2.75) is 10.1 Å². The molecule has 1 aromatic heterocycles. The summed E-state index contributed by atoms with van der Waals surface area (Å²) in [6.45, 7) is 0. The molecule has 3 rings (SSSR count). The van der Waals surface area contributed by atoms with Crippen LogP contribution in [0.4, 0.5) is 5.69 Å². The quantitative estimate of drug-likeness (QED) is 0.370. The molecule has 0 atom stereocenters. The van der Waals surface area contributed by atoms with Gasteiger partial charge in [-0.15, -0.1) is 0 Å². The average Bonchev–Trinajstić information content (AvgIpc) is 3.15. The normalized spacial score (nSPS) is 10.9. The van der Waals surface area contributed by atoms with Crippen LogP contribution in [0.15, 0.2) is 63.9 Å².